The molecule has 1 atom stereocenters. The Morgan fingerprint density at radius 3 is 2.31 bits per heavy atom. The Bertz CT molecular complexity index is 1740. The van der Waals surface area contributed by atoms with Crippen LogP contribution < -0.4 is 5.73 Å². The van der Waals surface area contributed by atoms with Crippen molar-refractivity contribution in [3.05, 3.63) is 112 Å². The van der Waals surface area contributed by atoms with Gasteiger partial charge in [-0.05, 0) is 24.6 Å². The highest BCUT2D eigenvalue weighted by Gasteiger charge is 2.61. The number of nitrogens with zero attached hydrogens (tertiary/aromatic N) is 2. The molecule has 0 radical (unpaired) electrons. The molecule has 2 aliphatic carbocycles. The molecular formula is C29H19N3O4. The Hall–Kier alpha value is -4.78. The van der Waals surface area contributed by atoms with Crippen LogP contribution in [0.3, 0.4) is 0 Å². The van der Waals surface area contributed by atoms with E-state index < -0.39 is 11.4 Å². The number of Topliss-reactive ketones (excluding diaryl/α,β-unsaturated/α-hetero) is 1. The molecule has 174 valence electrons. The second kappa shape index (κ2) is 7.11. The maximum Gasteiger partial charge on any atom is 0.341 e. The van der Waals surface area contributed by atoms with Gasteiger partial charge in [0.05, 0.1) is 34.6 Å². The second-order valence-corrected chi connectivity index (χ2v) is 8.85. The van der Waals surface area contributed by atoms with Gasteiger partial charge in [-0.2, -0.15) is 0 Å². The van der Waals surface area contributed by atoms with Gasteiger partial charge in [0.2, 0.25) is 5.88 Å². The Labute approximate surface area is 205 Å². The number of aromatic nitrogens is 2. The zero-order chi connectivity index (χ0) is 24.6. The molecule has 0 fully saturated rings. The number of nitrogens with two attached hydrogens (primary N) is 1. The molecule has 1 spiro atoms. The molecule has 0 amide bonds. The standard InChI is InChI=1S/C29H19N3O4/c1-2-35-28(34)22-27(30)36-25-16-10-4-3-9-15(16)24(33)21(25)29(22)18-12-6-5-11-17(18)23-26(29)32-20-14-8-7-13-19(20)31-23/h3-14H,2,30H2,1H3. The fourth-order valence-electron chi connectivity index (χ4n) is 5.73. The molecule has 3 aliphatic rings. The van der Waals surface area contributed by atoms with Crippen LogP contribution in [0, 0.1) is 0 Å². The van der Waals surface area contributed by atoms with Crippen LogP contribution in [-0.4, -0.2) is 28.3 Å². The maximum atomic E-state index is 14.1. The summed E-state index contributed by atoms with van der Waals surface area (Å²) < 4.78 is 11.5. The van der Waals surface area contributed by atoms with Gasteiger partial charge in [-0.25, -0.2) is 14.8 Å². The molecule has 1 aliphatic heterocycles. The molecule has 0 saturated heterocycles. The maximum absolute atomic E-state index is 14.1. The highest BCUT2D eigenvalue weighted by Crippen LogP contribution is 2.61. The molecule has 7 heteroatoms. The summed E-state index contributed by atoms with van der Waals surface area (Å²) in [6, 6.07) is 22.3. The molecule has 2 N–H and O–H groups in total. The van der Waals surface area contributed by atoms with Crippen LogP contribution in [0.15, 0.2) is 89.8 Å². The fraction of sp³-hybridized carbons (Fsp3) is 0.103. The molecule has 0 saturated carbocycles. The molecule has 4 aromatic rings. The first kappa shape index (κ1) is 20.6. The van der Waals surface area contributed by atoms with Crippen molar-refractivity contribution in [2.24, 2.45) is 5.73 Å². The number of ether oxygens (including phenoxy) is 2. The van der Waals surface area contributed by atoms with Gasteiger partial charge in [-0.15, -0.1) is 0 Å². The van der Waals surface area contributed by atoms with Crippen molar-refractivity contribution in [3.63, 3.8) is 0 Å². The Kier molecular flexibility index (Phi) is 4.07. The number of esters is 1. The molecule has 1 unspecified atom stereocenters. The summed E-state index contributed by atoms with van der Waals surface area (Å²) in [5, 5.41) is 0. The third kappa shape index (κ3) is 2.36. The van der Waals surface area contributed by atoms with Crippen molar-refractivity contribution in [2.45, 2.75) is 12.3 Å². The monoisotopic (exact) mass is 473 g/mol. The van der Waals surface area contributed by atoms with Gasteiger partial charge in [-0.3, -0.25) is 4.79 Å². The lowest BCUT2D eigenvalue weighted by Gasteiger charge is -2.37. The minimum absolute atomic E-state index is 0.0417. The molecule has 36 heavy (non-hydrogen) atoms. The van der Waals surface area contributed by atoms with Crippen LogP contribution in [0.25, 0.3) is 28.0 Å². The van der Waals surface area contributed by atoms with Gasteiger partial charge in [0.15, 0.2) is 5.78 Å². The quantitative estimate of drug-likeness (QED) is 0.434. The summed E-state index contributed by atoms with van der Waals surface area (Å²) in [7, 11) is 0. The van der Waals surface area contributed by atoms with E-state index in [1.54, 1.807) is 19.1 Å². The predicted octanol–water partition coefficient (Wildman–Crippen LogP) is 4.27. The molecule has 3 aromatic carbocycles. The van der Waals surface area contributed by atoms with E-state index >= 15 is 0 Å². The number of hydrogen-bond acceptors (Lipinski definition) is 7. The average molecular weight is 473 g/mol. The van der Waals surface area contributed by atoms with Gasteiger partial charge < -0.3 is 15.2 Å². The number of ketones is 1. The summed E-state index contributed by atoms with van der Waals surface area (Å²) in [5.41, 5.74) is 10.4. The van der Waals surface area contributed by atoms with Crippen LogP contribution in [0.1, 0.15) is 34.1 Å². The average Bonchev–Trinajstić information content (AvgIpc) is 3.33. The van der Waals surface area contributed by atoms with Crippen LogP contribution in [0.2, 0.25) is 0 Å². The summed E-state index contributed by atoms with van der Waals surface area (Å²) in [6.45, 7) is 1.85. The zero-order valence-electron chi connectivity index (χ0n) is 19.2. The molecular weight excluding hydrogens is 454 g/mol. The molecule has 7 rings (SSSR count). The van der Waals surface area contributed by atoms with E-state index in [4.69, 9.17) is 25.2 Å². The van der Waals surface area contributed by atoms with Crippen molar-refractivity contribution >= 4 is 28.5 Å². The smallest absolute Gasteiger partial charge is 0.341 e. The summed E-state index contributed by atoms with van der Waals surface area (Å²) in [5.74, 6) is -0.691. The number of carbonyl (C=O) groups is 2. The lowest BCUT2D eigenvalue weighted by Crippen LogP contribution is -2.42. The lowest BCUT2D eigenvalue weighted by molar-refractivity contribution is -0.139. The summed E-state index contributed by atoms with van der Waals surface area (Å²) in [4.78, 5) is 37.7. The normalized spacial score (nSPS) is 19.2. The van der Waals surface area contributed by atoms with Crippen LogP contribution in [0.5, 0.6) is 0 Å². The highest BCUT2D eigenvalue weighted by atomic mass is 16.5. The number of para-hydroxylation sites is 2. The number of benzene rings is 3. The van der Waals surface area contributed by atoms with Crippen molar-refractivity contribution in [1.82, 2.24) is 9.97 Å². The fourth-order valence-corrected chi connectivity index (χ4v) is 5.73. The topological polar surface area (TPSA) is 104 Å². The van der Waals surface area contributed by atoms with E-state index in [-0.39, 0.29) is 23.8 Å². The first-order chi connectivity index (χ1) is 17.6. The summed E-state index contributed by atoms with van der Waals surface area (Å²) in [6.07, 6.45) is 0. The van der Waals surface area contributed by atoms with E-state index in [9.17, 15) is 9.59 Å². The molecule has 0 bridgehead atoms. The van der Waals surface area contributed by atoms with Gasteiger partial charge in [0, 0.05) is 16.7 Å². The first-order valence-corrected chi connectivity index (χ1v) is 11.7. The minimum Gasteiger partial charge on any atom is -0.462 e. The number of allylic oxidation sites excluding steroid dienone is 1. The lowest BCUT2D eigenvalue weighted by atomic mass is 9.66. The predicted molar refractivity (Wildman–Crippen MR) is 132 cm³/mol. The van der Waals surface area contributed by atoms with Crippen molar-refractivity contribution in [1.29, 1.82) is 0 Å². The third-order valence-electron chi connectivity index (χ3n) is 7.07. The van der Waals surface area contributed by atoms with Gasteiger partial charge in [0.1, 0.15) is 16.7 Å². The number of hydrogen-bond donors (Lipinski definition) is 1. The third-order valence-corrected chi connectivity index (χ3v) is 7.07. The minimum atomic E-state index is -1.44. The molecule has 1 aromatic heterocycles. The van der Waals surface area contributed by atoms with Crippen LogP contribution in [-0.2, 0) is 19.7 Å². The zero-order valence-corrected chi connectivity index (χ0v) is 19.2. The van der Waals surface area contributed by atoms with Crippen LogP contribution >= 0.6 is 0 Å². The molecule has 2 heterocycles. The van der Waals surface area contributed by atoms with E-state index in [0.29, 0.717) is 50.4 Å². The van der Waals surface area contributed by atoms with Crippen molar-refractivity contribution < 1.29 is 19.1 Å². The van der Waals surface area contributed by atoms with Crippen LogP contribution in [0.4, 0.5) is 0 Å². The van der Waals surface area contributed by atoms with Gasteiger partial charge in [-0.1, -0.05) is 60.7 Å². The van der Waals surface area contributed by atoms with Gasteiger partial charge in [0.25, 0.3) is 0 Å². The van der Waals surface area contributed by atoms with E-state index in [1.165, 1.54) is 0 Å². The Balaban J connectivity index is 1.67. The second-order valence-electron chi connectivity index (χ2n) is 8.85. The van der Waals surface area contributed by atoms with Gasteiger partial charge >= 0.3 is 5.97 Å². The van der Waals surface area contributed by atoms with Crippen molar-refractivity contribution in [2.75, 3.05) is 6.61 Å². The van der Waals surface area contributed by atoms with E-state index in [0.717, 1.165) is 5.56 Å². The number of carbonyl (C=O) groups excluding carboxylic acids is 2. The highest BCUT2D eigenvalue weighted by molar-refractivity contribution is 6.24. The number of fused-ring (bicyclic) bond motifs is 9. The van der Waals surface area contributed by atoms with E-state index in [1.807, 2.05) is 60.7 Å². The largest absolute Gasteiger partial charge is 0.462 e. The first-order valence-electron chi connectivity index (χ1n) is 11.7. The van der Waals surface area contributed by atoms with E-state index in [2.05, 4.69) is 0 Å². The molecule has 7 nitrogen and oxygen atoms in total. The Morgan fingerprint density at radius 2 is 1.56 bits per heavy atom. The SMILES string of the molecule is CCOC(=O)C1=C(N)OC2=C(C(=O)c3ccccc32)C12c1ccccc1-c1nc3ccccc3nc12. The number of rotatable bonds is 2. The Morgan fingerprint density at radius 1 is 0.917 bits per heavy atom. The summed E-state index contributed by atoms with van der Waals surface area (Å²) >= 11 is 0. The van der Waals surface area contributed by atoms with Crippen molar-refractivity contribution in [3.8, 4) is 11.3 Å².